The lowest BCUT2D eigenvalue weighted by molar-refractivity contribution is 0.0234. The molecule has 0 aromatic heterocycles. The molecule has 5 nitrogen and oxygen atoms in total. The number of rotatable bonds is 7. The first kappa shape index (κ1) is 22.4. The molecule has 0 aliphatic rings. The Bertz CT molecular complexity index is 373. The molecular weight excluding hydrogens is 308 g/mol. The predicted molar refractivity (Wildman–Crippen MR) is 99.2 cm³/mol. The Kier molecular flexibility index (Phi) is 8.27. The van der Waals surface area contributed by atoms with E-state index in [0.29, 0.717) is 19.6 Å². The minimum Gasteiger partial charge on any atom is -0.444 e. The highest BCUT2D eigenvalue weighted by atomic mass is 28.4. The number of nitrogens with two attached hydrogens (primary N) is 1. The third-order valence-electron chi connectivity index (χ3n) is 4.16. The summed E-state index contributed by atoms with van der Waals surface area (Å²) in [4.78, 5) is 13.9. The number of ether oxygens (including phenoxy) is 1. The van der Waals surface area contributed by atoms with Crippen molar-refractivity contribution in [2.24, 2.45) is 5.73 Å². The Morgan fingerprint density at radius 2 is 1.65 bits per heavy atom. The second-order valence-electron chi connectivity index (χ2n) is 8.73. The van der Waals surface area contributed by atoms with Gasteiger partial charge < -0.3 is 19.8 Å². The third kappa shape index (κ3) is 8.72. The molecule has 0 bridgehead atoms. The molecule has 0 radical (unpaired) electrons. The molecule has 0 spiro atoms. The number of nitrogens with zero attached hydrogens (tertiary/aromatic N) is 1. The Balaban J connectivity index is 4.61. The number of hydrogen-bond acceptors (Lipinski definition) is 4. The minimum atomic E-state index is -1.78. The molecule has 0 saturated heterocycles. The van der Waals surface area contributed by atoms with Gasteiger partial charge in [-0.15, -0.1) is 0 Å². The standard InChI is InChI=1S/C17H38N2O3Si/c1-14(22-23(8,9)17(5,6)7)10-12-19(13-11-18)15(20)21-16(2,3)4/h14H,10-13,18H2,1-9H3/t14-/m1/s1. The SMILES string of the molecule is C[C@H](CCN(CCN)C(=O)OC(C)(C)C)O[Si](C)(C)C(C)(C)C. The molecule has 0 unspecified atom stereocenters. The zero-order valence-corrected chi connectivity index (χ0v) is 17.7. The van der Waals surface area contributed by atoms with Crippen molar-refractivity contribution in [1.29, 1.82) is 0 Å². The Morgan fingerprint density at radius 3 is 2.04 bits per heavy atom. The molecule has 0 aliphatic carbocycles. The first-order valence-electron chi connectivity index (χ1n) is 8.55. The summed E-state index contributed by atoms with van der Waals surface area (Å²) in [5.41, 5.74) is 5.13. The van der Waals surface area contributed by atoms with Gasteiger partial charge in [0.15, 0.2) is 8.32 Å². The molecule has 6 heteroatoms. The number of carbonyl (C=O) groups excluding carboxylic acids is 1. The lowest BCUT2D eigenvalue weighted by Gasteiger charge is -2.39. The van der Waals surface area contributed by atoms with E-state index in [1.807, 2.05) is 20.8 Å². The van der Waals surface area contributed by atoms with E-state index in [2.05, 4.69) is 40.8 Å². The molecule has 1 amide bonds. The summed E-state index contributed by atoms with van der Waals surface area (Å²) < 4.78 is 11.8. The number of hydrogen-bond donors (Lipinski definition) is 1. The summed E-state index contributed by atoms with van der Waals surface area (Å²) in [6, 6.07) is 0. The van der Waals surface area contributed by atoms with Gasteiger partial charge in [0, 0.05) is 25.7 Å². The molecule has 23 heavy (non-hydrogen) atoms. The zero-order valence-electron chi connectivity index (χ0n) is 16.7. The average molecular weight is 347 g/mol. The van der Waals surface area contributed by atoms with E-state index >= 15 is 0 Å². The monoisotopic (exact) mass is 346 g/mol. The lowest BCUT2D eigenvalue weighted by atomic mass is 10.2. The topological polar surface area (TPSA) is 64.8 Å². The van der Waals surface area contributed by atoms with Crippen molar-refractivity contribution >= 4 is 14.4 Å². The summed E-state index contributed by atoms with van der Waals surface area (Å²) in [5.74, 6) is 0. The molecular formula is C17H38N2O3Si. The molecule has 0 saturated carbocycles. The van der Waals surface area contributed by atoms with Crippen LogP contribution in [-0.2, 0) is 9.16 Å². The molecule has 0 aromatic carbocycles. The number of amides is 1. The van der Waals surface area contributed by atoms with Crippen molar-refractivity contribution in [3.8, 4) is 0 Å². The Morgan fingerprint density at radius 1 is 1.13 bits per heavy atom. The second kappa shape index (κ2) is 8.49. The highest BCUT2D eigenvalue weighted by Crippen LogP contribution is 2.37. The Labute approximate surface area is 144 Å². The van der Waals surface area contributed by atoms with Crippen molar-refractivity contribution in [3.63, 3.8) is 0 Å². The number of carbonyl (C=O) groups is 1. The molecule has 0 aliphatic heterocycles. The summed E-state index contributed by atoms with van der Waals surface area (Å²) in [5, 5.41) is 0.184. The van der Waals surface area contributed by atoms with Gasteiger partial charge in [-0.05, 0) is 52.2 Å². The van der Waals surface area contributed by atoms with Crippen molar-refractivity contribution in [1.82, 2.24) is 4.90 Å². The van der Waals surface area contributed by atoms with Gasteiger partial charge in [0.2, 0.25) is 0 Å². The first-order chi connectivity index (χ1) is 10.2. The van der Waals surface area contributed by atoms with Gasteiger partial charge in [-0.25, -0.2) is 4.79 Å². The van der Waals surface area contributed by atoms with Crippen LogP contribution >= 0.6 is 0 Å². The molecule has 0 rings (SSSR count). The van der Waals surface area contributed by atoms with E-state index in [1.54, 1.807) is 4.90 Å². The van der Waals surface area contributed by atoms with Crippen molar-refractivity contribution in [3.05, 3.63) is 0 Å². The van der Waals surface area contributed by atoms with Crippen LogP contribution in [0.4, 0.5) is 4.79 Å². The van der Waals surface area contributed by atoms with Crippen LogP contribution in [-0.4, -0.2) is 50.6 Å². The van der Waals surface area contributed by atoms with E-state index in [9.17, 15) is 4.79 Å². The molecule has 0 aromatic rings. The van der Waals surface area contributed by atoms with Gasteiger partial charge in [-0.3, -0.25) is 0 Å². The highest BCUT2D eigenvalue weighted by molar-refractivity contribution is 6.74. The van der Waals surface area contributed by atoms with E-state index < -0.39 is 13.9 Å². The molecule has 0 heterocycles. The maximum absolute atomic E-state index is 12.2. The summed E-state index contributed by atoms with van der Waals surface area (Å²) in [6.45, 7) is 20.4. The normalized spacial score (nSPS) is 14.5. The zero-order chi connectivity index (χ0) is 18.5. The van der Waals surface area contributed by atoms with Gasteiger partial charge in [0.05, 0.1) is 0 Å². The van der Waals surface area contributed by atoms with Gasteiger partial charge in [-0.1, -0.05) is 20.8 Å². The molecule has 1 atom stereocenters. The van der Waals surface area contributed by atoms with Gasteiger partial charge in [0.1, 0.15) is 5.60 Å². The van der Waals surface area contributed by atoms with Gasteiger partial charge in [-0.2, -0.15) is 0 Å². The minimum absolute atomic E-state index is 0.110. The van der Waals surface area contributed by atoms with Crippen LogP contribution in [0.25, 0.3) is 0 Å². The average Bonchev–Trinajstić information content (AvgIpc) is 2.29. The van der Waals surface area contributed by atoms with Gasteiger partial charge >= 0.3 is 6.09 Å². The summed E-state index contributed by atoms with van der Waals surface area (Å²) in [7, 11) is -1.78. The smallest absolute Gasteiger partial charge is 0.410 e. The lowest BCUT2D eigenvalue weighted by Crippen LogP contribution is -2.45. The Hall–Kier alpha value is -0.593. The summed E-state index contributed by atoms with van der Waals surface area (Å²) in [6.07, 6.45) is 0.590. The fraction of sp³-hybridized carbons (Fsp3) is 0.941. The van der Waals surface area contributed by atoms with Crippen LogP contribution in [0.15, 0.2) is 0 Å². The maximum atomic E-state index is 12.2. The van der Waals surface area contributed by atoms with Gasteiger partial charge in [0.25, 0.3) is 0 Å². The van der Waals surface area contributed by atoms with Crippen LogP contribution in [0.2, 0.25) is 18.1 Å². The van der Waals surface area contributed by atoms with Crippen molar-refractivity contribution < 1.29 is 14.0 Å². The second-order valence-corrected chi connectivity index (χ2v) is 13.5. The van der Waals surface area contributed by atoms with E-state index in [-0.39, 0.29) is 17.2 Å². The van der Waals surface area contributed by atoms with Crippen LogP contribution in [0.1, 0.15) is 54.9 Å². The van der Waals surface area contributed by atoms with E-state index in [0.717, 1.165) is 6.42 Å². The maximum Gasteiger partial charge on any atom is 0.410 e. The van der Waals surface area contributed by atoms with Crippen molar-refractivity contribution in [2.75, 3.05) is 19.6 Å². The molecule has 138 valence electrons. The van der Waals surface area contributed by atoms with Crippen LogP contribution in [0.3, 0.4) is 0 Å². The quantitative estimate of drug-likeness (QED) is 0.708. The first-order valence-corrected chi connectivity index (χ1v) is 11.5. The van der Waals surface area contributed by atoms with Crippen molar-refractivity contribution in [2.45, 2.75) is 84.7 Å². The molecule has 0 fully saturated rings. The fourth-order valence-corrected chi connectivity index (χ4v) is 3.33. The predicted octanol–water partition coefficient (Wildman–Crippen LogP) is 3.98. The van der Waals surface area contributed by atoms with E-state index in [1.165, 1.54) is 0 Å². The van der Waals surface area contributed by atoms with Crippen LogP contribution in [0, 0.1) is 0 Å². The largest absolute Gasteiger partial charge is 0.444 e. The van der Waals surface area contributed by atoms with Crippen LogP contribution in [0.5, 0.6) is 0 Å². The summed E-state index contributed by atoms with van der Waals surface area (Å²) >= 11 is 0. The van der Waals surface area contributed by atoms with E-state index in [4.69, 9.17) is 14.9 Å². The fourth-order valence-electron chi connectivity index (χ4n) is 1.85. The molecule has 2 N–H and O–H groups in total. The van der Waals surface area contributed by atoms with Crippen LogP contribution < -0.4 is 5.73 Å². The highest BCUT2D eigenvalue weighted by Gasteiger charge is 2.38. The third-order valence-corrected chi connectivity index (χ3v) is 8.76.